The van der Waals surface area contributed by atoms with Gasteiger partial charge in [0.2, 0.25) is 0 Å². The molecule has 0 aromatic carbocycles. The van der Waals surface area contributed by atoms with Gasteiger partial charge in [-0.3, -0.25) is 0 Å². The van der Waals surface area contributed by atoms with E-state index in [4.69, 9.17) is 0 Å². The van der Waals surface area contributed by atoms with Crippen LogP contribution < -0.4 is 0 Å². The predicted molar refractivity (Wildman–Crippen MR) is 75.1 cm³/mol. The summed E-state index contributed by atoms with van der Waals surface area (Å²) in [6.45, 7) is 8.65. The van der Waals surface area contributed by atoms with Gasteiger partial charge in [0, 0.05) is 0 Å². The molecule has 0 rings (SSSR count). The molecule has 0 saturated carbocycles. The molecule has 0 spiro atoms. The Morgan fingerprint density at radius 3 is 1.40 bits per heavy atom. The second kappa shape index (κ2) is 15.6. The minimum atomic E-state index is 0.149. The summed E-state index contributed by atoms with van der Waals surface area (Å²) in [6.07, 6.45) is 5.84. The molecule has 0 aliphatic heterocycles. The zero-order valence-corrected chi connectivity index (χ0v) is 16.8. The van der Waals surface area contributed by atoms with Gasteiger partial charge in [0.15, 0.2) is 0 Å². The number of rotatable bonds is 6. The average Bonchev–Trinajstić information content (AvgIpc) is 2.18. The Hall–Kier alpha value is 1.58. The summed E-state index contributed by atoms with van der Waals surface area (Å²) in [6, 6.07) is 0. The van der Waals surface area contributed by atoms with Crippen molar-refractivity contribution in [3.05, 3.63) is 8.94 Å². The normalized spacial score (nSPS) is 11.5. The average molecular weight is 445 g/mol. The van der Waals surface area contributed by atoms with E-state index in [9.17, 15) is 0 Å². The van der Waals surface area contributed by atoms with E-state index in [1.165, 1.54) is 34.6 Å². The van der Waals surface area contributed by atoms with Crippen molar-refractivity contribution in [1.29, 1.82) is 0 Å². The van der Waals surface area contributed by atoms with E-state index in [1.807, 2.05) is 13.8 Å². The zero-order chi connectivity index (χ0) is 12.1. The summed E-state index contributed by atoms with van der Waals surface area (Å²) in [5.74, 6) is 0. The monoisotopic (exact) mass is 448 g/mol. The Bertz CT molecular complexity index is 132. The van der Waals surface area contributed by atoms with E-state index in [1.54, 1.807) is 8.87 Å². The quantitative estimate of drug-likeness (QED) is 0.433. The van der Waals surface area contributed by atoms with Crippen LogP contribution in [0.4, 0.5) is 0 Å². The molecule has 88 valence electrons. The molecule has 0 saturated heterocycles. The van der Waals surface area contributed by atoms with Gasteiger partial charge >= 0.3 is 124 Å². The molecule has 0 aromatic heterocycles. The fourth-order valence-corrected chi connectivity index (χ4v) is 4.89. The van der Waals surface area contributed by atoms with Gasteiger partial charge in [0.1, 0.15) is 0 Å². The van der Waals surface area contributed by atoms with Crippen LogP contribution in [0.1, 0.15) is 53.4 Å². The third-order valence-electron chi connectivity index (χ3n) is 1.91. The summed E-state index contributed by atoms with van der Waals surface area (Å²) < 4.78 is 5.74. The standard InChI is InChI=1S/C4H6Se2.2C4H9.Sn/c1-3(5)4(2)6;2*1-3-4-2;/h1-2H3;2*1,3-4H2,2H3;/b4-3-;;;. The molecule has 0 heterocycles. The molecule has 4 radical (unpaired) electrons. The Morgan fingerprint density at radius 1 is 0.867 bits per heavy atom. The summed E-state index contributed by atoms with van der Waals surface area (Å²) in [5, 5.41) is 0. The molecule has 0 aliphatic rings. The van der Waals surface area contributed by atoms with Gasteiger partial charge in [-0.25, -0.2) is 0 Å². The summed E-state index contributed by atoms with van der Waals surface area (Å²) in [5.41, 5.74) is 0. The number of unbranched alkanes of at least 4 members (excludes halogenated alkanes) is 2. The maximum atomic E-state index is 2.89. The van der Waals surface area contributed by atoms with E-state index >= 15 is 0 Å². The second-order valence-corrected chi connectivity index (χ2v) is 10.4. The van der Waals surface area contributed by atoms with Crippen LogP contribution in [0.15, 0.2) is 8.94 Å². The van der Waals surface area contributed by atoms with Crippen LogP contribution in [0.5, 0.6) is 0 Å². The van der Waals surface area contributed by atoms with E-state index < -0.39 is 0 Å². The molecular formula is C12H24Se2Sn. The van der Waals surface area contributed by atoms with E-state index in [0.29, 0.717) is 0 Å². The first kappa shape index (κ1) is 18.9. The number of hydrogen-bond acceptors (Lipinski definition) is 0. The van der Waals surface area contributed by atoms with E-state index in [0.717, 1.165) is 0 Å². The molecule has 0 fully saturated rings. The summed E-state index contributed by atoms with van der Waals surface area (Å²) >= 11 is 5.92. The summed E-state index contributed by atoms with van der Waals surface area (Å²) in [7, 11) is 0. The molecule has 0 amide bonds. The van der Waals surface area contributed by atoms with Crippen molar-refractivity contribution >= 4 is 53.2 Å². The van der Waals surface area contributed by atoms with Gasteiger partial charge in [-0.15, -0.1) is 0 Å². The molecule has 0 N–H and O–H groups in total. The van der Waals surface area contributed by atoms with Crippen LogP contribution in [0.3, 0.4) is 0 Å². The first-order valence-corrected chi connectivity index (χ1v) is 11.5. The van der Waals surface area contributed by atoms with Crippen LogP contribution >= 0.6 is 0 Å². The van der Waals surface area contributed by atoms with Gasteiger partial charge < -0.3 is 0 Å². The topological polar surface area (TPSA) is 0 Å². The summed E-state index contributed by atoms with van der Waals surface area (Å²) in [4.78, 5) is 0. The van der Waals surface area contributed by atoms with Crippen LogP contribution in [0, 0.1) is 0 Å². The van der Waals surface area contributed by atoms with Crippen LogP contribution in [0.2, 0.25) is 8.87 Å². The van der Waals surface area contributed by atoms with E-state index in [2.05, 4.69) is 45.9 Å². The van der Waals surface area contributed by atoms with Crippen molar-refractivity contribution in [2.24, 2.45) is 0 Å². The van der Waals surface area contributed by atoms with Crippen molar-refractivity contribution in [1.82, 2.24) is 0 Å². The number of hydrogen-bond donors (Lipinski definition) is 0. The van der Waals surface area contributed by atoms with Crippen LogP contribution in [-0.4, -0.2) is 53.2 Å². The van der Waals surface area contributed by atoms with Crippen molar-refractivity contribution in [2.45, 2.75) is 62.3 Å². The Balaban J connectivity index is 0. The molecule has 0 atom stereocenters. The van der Waals surface area contributed by atoms with Gasteiger partial charge in [-0.2, -0.15) is 0 Å². The Labute approximate surface area is 123 Å². The first-order valence-electron chi connectivity index (χ1n) is 5.78. The molecule has 0 aliphatic carbocycles. The van der Waals surface area contributed by atoms with Crippen molar-refractivity contribution in [3.8, 4) is 0 Å². The van der Waals surface area contributed by atoms with Crippen molar-refractivity contribution in [3.63, 3.8) is 0 Å². The van der Waals surface area contributed by atoms with Crippen LogP contribution in [-0.2, 0) is 0 Å². The van der Waals surface area contributed by atoms with Gasteiger partial charge in [0.05, 0.1) is 0 Å². The van der Waals surface area contributed by atoms with Gasteiger partial charge in [0.25, 0.3) is 0 Å². The van der Waals surface area contributed by atoms with Crippen LogP contribution in [0.25, 0.3) is 0 Å². The minimum absolute atomic E-state index is 0.149. The fraction of sp³-hybridized carbons (Fsp3) is 0.833. The third kappa shape index (κ3) is 21.4. The molecule has 0 bridgehead atoms. The molecule has 0 aromatic rings. The van der Waals surface area contributed by atoms with E-state index in [-0.39, 0.29) is 21.1 Å². The zero-order valence-electron chi connectivity index (χ0n) is 10.6. The molecule has 0 unspecified atom stereocenters. The SMILES string of the molecule is C/C([Se])=C(\C)[Se].CCC[CH2][Sn][CH2]CCC. The van der Waals surface area contributed by atoms with Gasteiger partial charge in [-0.1, -0.05) is 0 Å². The predicted octanol–water partition coefficient (Wildman–Crippen LogP) is 3.70. The molecular weight excluding hydrogens is 421 g/mol. The molecule has 0 nitrogen and oxygen atoms in total. The Morgan fingerprint density at radius 2 is 1.20 bits per heavy atom. The van der Waals surface area contributed by atoms with Gasteiger partial charge in [-0.05, 0) is 0 Å². The maximum absolute atomic E-state index is 2.89. The van der Waals surface area contributed by atoms with Crippen molar-refractivity contribution in [2.75, 3.05) is 0 Å². The Kier molecular flexibility index (Phi) is 19.7. The third-order valence-corrected chi connectivity index (χ3v) is 7.89. The first-order chi connectivity index (χ1) is 7.06. The fourth-order valence-electron chi connectivity index (χ4n) is 0.729. The molecule has 3 heteroatoms. The van der Waals surface area contributed by atoms with Crippen molar-refractivity contribution < 1.29 is 0 Å². The number of allylic oxidation sites excluding steroid dienone is 2. The molecule has 15 heavy (non-hydrogen) atoms. The second-order valence-electron chi connectivity index (χ2n) is 3.57.